The number of amides is 1. The zero-order valence-electron chi connectivity index (χ0n) is 15.1. The maximum absolute atomic E-state index is 13.4. The van der Waals surface area contributed by atoms with Gasteiger partial charge in [-0.05, 0) is 50.6 Å². The van der Waals surface area contributed by atoms with Gasteiger partial charge in [0.2, 0.25) is 0 Å². The molecule has 1 amide bonds. The molecule has 0 saturated carbocycles. The van der Waals surface area contributed by atoms with Crippen LogP contribution in [0.5, 0.6) is 0 Å². The van der Waals surface area contributed by atoms with Gasteiger partial charge in [0.25, 0.3) is 5.91 Å². The van der Waals surface area contributed by atoms with Gasteiger partial charge in [-0.1, -0.05) is 12.1 Å². The highest BCUT2D eigenvalue weighted by Crippen LogP contribution is 2.48. The average Bonchev–Trinajstić information content (AvgIpc) is 3.22. The molecule has 2 fully saturated rings. The van der Waals surface area contributed by atoms with Gasteiger partial charge in [0.15, 0.2) is 0 Å². The molecule has 2 heterocycles. The summed E-state index contributed by atoms with van der Waals surface area (Å²) in [6, 6.07) is 6.82. The van der Waals surface area contributed by atoms with Crippen LogP contribution in [0.1, 0.15) is 35.7 Å². The van der Waals surface area contributed by atoms with Crippen molar-refractivity contribution in [2.45, 2.75) is 32.5 Å². The number of hydrogen-bond acceptors (Lipinski definition) is 3. The molecular weight excluding hydrogens is 361 g/mol. The van der Waals surface area contributed by atoms with Gasteiger partial charge in [-0.3, -0.25) is 14.5 Å². The van der Waals surface area contributed by atoms with Crippen molar-refractivity contribution in [1.29, 1.82) is 0 Å². The molecule has 0 aromatic heterocycles. The van der Waals surface area contributed by atoms with Crippen LogP contribution < -0.4 is 0 Å². The van der Waals surface area contributed by atoms with E-state index in [1.165, 1.54) is 12.8 Å². The maximum atomic E-state index is 13.4. The van der Waals surface area contributed by atoms with Gasteiger partial charge < -0.3 is 10.0 Å². The Labute approximate surface area is 155 Å². The molecule has 2 atom stereocenters. The number of halogens is 3. The SMILES string of the molecule is CC1(C(F)(F)F)CN(C(=O)c2ccc(CN3CCCC3)cc2)CC1C(=O)O. The van der Waals surface area contributed by atoms with Gasteiger partial charge in [0.1, 0.15) is 0 Å². The van der Waals surface area contributed by atoms with E-state index in [1.807, 2.05) is 0 Å². The molecule has 0 aliphatic carbocycles. The fourth-order valence-electron chi connectivity index (χ4n) is 3.92. The number of carbonyl (C=O) groups excluding carboxylic acids is 1. The second kappa shape index (κ2) is 7.14. The number of likely N-dealkylation sites (tertiary alicyclic amines) is 2. The van der Waals surface area contributed by atoms with Crippen LogP contribution in [0.25, 0.3) is 0 Å². The maximum Gasteiger partial charge on any atom is 0.396 e. The van der Waals surface area contributed by atoms with Gasteiger partial charge in [-0.15, -0.1) is 0 Å². The molecule has 8 heteroatoms. The molecule has 0 radical (unpaired) electrons. The van der Waals surface area contributed by atoms with Crippen LogP contribution in [0.3, 0.4) is 0 Å². The van der Waals surface area contributed by atoms with E-state index in [2.05, 4.69) is 4.90 Å². The second-order valence-corrected chi connectivity index (χ2v) is 7.67. The Bertz CT molecular complexity index is 714. The normalized spacial score (nSPS) is 26.5. The third-order valence-electron chi connectivity index (χ3n) is 5.73. The van der Waals surface area contributed by atoms with E-state index in [-0.39, 0.29) is 5.56 Å². The highest BCUT2D eigenvalue weighted by molar-refractivity contribution is 5.95. The van der Waals surface area contributed by atoms with E-state index < -0.39 is 42.5 Å². The fraction of sp³-hybridized carbons (Fsp3) is 0.579. The lowest BCUT2D eigenvalue weighted by atomic mass is 9.79. The summed E-state index contributed by atoms with van der Waals surface area (Å²) in [4.78, 5) is 27.3. The van der Waals surface area contributed by atoms with Crippen molar-refractivity contribution in [3.05, 3.63) is 35.4 Å². The van der Waals surface area contributed by atoms with Crippen LogP contribution in [-0.4, -0.2) is 59.1 Å². The van der Waals surface area contributed by atoms with Crippen LogP contribution in [-0.2, 0) is 11.3 Å². The Morgan fingerprint density at radius 2 is 1.78 bits per heavy atom. The predicted molar refractivity (Wildman–Crippen MR) is 92.1 cm³/mol. The van der Waals surface area contributed by atoms with Crippen molar-refractivity contribution in [2.24, 2.45) is 11.3 Å². The molecule has 0 spiro atoms. The summed E-state index contributed by atoms with van der Waals surface area (Å²) in [7, 11) is 0. The topological polar surface area (TPSA) is 60.9 Å². The number of hydrogen-bond donors (Lipinski definition) is 1. The summed E-state index contributed by atoms with van der Waals surface area (Å²) in [5.74, 6) is -3.77. The van der Waals surface area contributed by atoms with Crippen molar-refractivity contribution in [2.75, 3.05) is 26.2 Å². The Hall–Kier alpha value is -2.09. The first kappa shape index (κ1) is 19.7. The van der Waals surface area contributed by atoms with E-state index in [1.54, 1.807) is 24.3 Å². The lowest BCUT2D eigenvalue weighted by Crippen LogP contribution is -2.45. The number of carboxylic acids is 1. The zero-order valence-corrected chi connectivity index (χ0v) is 15.1. The number of benzene rings is 1. The summed E-state index contributed by atoms with van der Waals surface area (Å²) < 4.78 is 40.3. The first-order valence-corrected chi connectivity index (χ1v) is 9.02. The number of carboxylic acid groups (broad SMARTS) is 1. The van der Waals surface area contributed by atoms with Gasteiger partial charge >= 0.3 is 12.1 Å². The average molecular weight is 384 g/mol. The summed E-state index contributed by atoms with van der Waals surface area (Å²) in [6.07, 6.45) is -2.35. The number of alkyl halides is 3. The first-order valence-electron chi connectivity index (χ1n) is 9.02. The Balaban J connectivity index is 1.73. The summed E-state index contributed by atoms with van der Waals surface area (Å²) in [6.45, 7) is 2.65. The number of rotatable bonds is 4. The lowest BCUT2D eigenvalue weighted by Gasteiger charge is -2.30. The Morgan fingerprint density at radius 1 is 1.19 bits per heavy atom. The summed E-state index contributed by atoms with van der Waals surface area (Å²) >= 11 is 0. The molecule has 148 valence electrons. The Morgan fingerprint density at radius 3 is 2.26 bits per heavy atom. The largest absolute Gasteiger partial charge is 0.481 e. The van der Waals surface area contributed by atoms with Crippen LogP contribution >= 0.6 is 0 Å². The van der Waals surface area contributed by atoms with E-state index in [0.717, 1.165) is 37.0 Å². The second-order valence-electron chi connectivity index (χ2n) is 7.67. The van der Waals surface area contributed by atoms with Crippen molar-refractivity contribution < 1.29 is 27.9 Å². The molecule has 2 aliphatic rings. The minimum atomic E-state index is -4.70. The van der Waals surface area contributed by atoms with Gasteiger partial charge in [-0.2, -0.15) is 13.2 Å². The molecule has 1 aromatic carbocycles. The van der Waals surface area contributed by atoms with Crippen molar-refractivity contribution in [1.82, 2.24) is 9.80 Å². The van der Waals surface area contributed by atoms with Crippen molar-refractivity contribution >= 4 is 11.9 Å². The highest BCUT2D eigenvalue weighted by Gasteiger charge is 2.63. The zero-order chi connectivity index (χ0) is 19.8. The van der Waals surface area contributed by atoms with Crippen molar-refractivity contribution in [3.63, 3.8) is 0 Å². The molecule has 1 N–H and O–H groups in total. The Kier molecular flexibility index (Phi) is 5.20. The lowest BCUT2D eigenvalue weighted by molar-refractivity contribution is -0.228. The number of nitrogens with zero attached hydrogens (tertiary/aromatic N) is 2. The minimum Gasteiger partial charge on any atom is -0.481 e. The quantitative estimate of drug-likeness (QED) is 0.867. The molecule has 5 nitrogen and oxygen atoms in total. The third-order valence-corrected chi connectivity index (χ3v) is 5.73. The molecule has 2 unspecified atom stereocenters. The molecule has 3 rings (SSSR count). The van der Waals surface area contributed by atoms with Crippen LogP contribution in [0.2, 0.25) is 0 Å². The monoisotopic (exact) mass is 384 g/mol. The number of carbonyl (C=O) groups is 2. The smallest absolute Gasteiger partial charge is 0.396 e. The van der Waals surface area contributed by atoms with Gasteiger partial charge in [0, 0.05) is 25.2 Å². The molecule has 27 heavy (non-hydrogen) atoms. The molecule has 2 saturated heterocycles. The third kappa shape index (κ3) is 3.81. The first-order chi connectivity index (χ1) is 12.6. The van der Waals surface area contributed by atoms with Gasteiger partial charge in [0.05, 0.1) is 11.3 Å². The minimum absolute atomic E-state index is 0.274. The van der Waals surface area contributed by atoms with E-state index >= 15 is 0 Å². The molecule has 2 aliphatic heterocycles. The highest BCUT2D eigenvalue weighted by atomic mass is 19.4. The standard InChI is InChI=1S/C19H23F3N2O3/c1-18(19(20,21)22)12-24(11-15(18)17(26)27)16(25)14-6-4-13(5-7-14)10-23-8-2-3-9-23/h4-7,15H,2-3,8-12H2,1H3,(H,26,27). The predicted octanol–water partition coefficient (Wildman–Crippen LogP) is 3.01. The molecule has 0 bridgehead atoms. The molecular formula is C19H23F3N2O3. The summed E-state index contributed by atoms with van der Waals surface area (Å²) in [5, 5.41) is 9.21. The van der Waals surface area contributed by atoms with Crippen molar-refractivity contribution in [3.8, 4) is 0 Å². The van der Waals surface area contributed by atoms with E-state index in [4.69, 9.17) is 0 Å². The fourth-order valence-corrected chi connectivity index (χ4v) is 3.92. The summed E-state index contributed by atoms with van der Waals surface area (Å²) in [5.41, 5.74) is -1.14. The number of aliphatic carboxylic acids is 1. The molecule has 1 aromatic rings. The van der Waals surface area contributed by atoms with E-state index in [0.29, 0.717) is 0 Å². The van der Waals surface area contributed by atoms with Crippen LogP contribution in [0.4, 0.5) is 13.2 Å². The van der Waals surface area contributed by atoms with Gasteiger partial charge in [-0.25, -0.2) is 0 Å². The van der Waals surface area contributed by atoms with Crippen LogP contribution in [0, 0.1) is 11.3 Å². The van der Waals surface area contributed by atoms with E-state index in [9.17, 15) is 27.9 Å². The van der Waals surface area contributed by atoms with Crippen LogP contribution in [0.15, 0.2) is 24.3 Å².